The van der Waals surface area contributed by atoms with E-state index in [4.69, 9.17) is 0 Å². The van der Waals surface area contributed by atoms with E-state index in [0.717, 1.165) is 22.7 Å². The highest BCUT2D eigenvalue weighted by atomic mass is 16.3. The van der Waals surface area contributed by atoms with E-state index in [1.807, 2.05) is 43.5 Å². The molecular formula is C17H17N4O+. The van der Waals surface area contributed by atoms with Crippen LogP contribution in [0.1, 0.15) is 18.9 Å². The molecule has 3 aromatic rings. The number of benzene rings is 1. The van der Waals surface area contributed by atoms with Crippen molar-refractivity contribution in [1.29, 1.82) is 5.26 Å². The Morgan fingerprint density at radius 1 is 1.36 bits per heavy atom. The van der Waals surface area contributed by atoms with Crippen LogP contribution in [-0.4, -0.2) is 22.7 Å². The second kappa shape index (κ2) is 5.96. The van der Waals surface area contributed by atoms with Crippen molar-refractivity contribution in [2.24, 2.45) is 0 Å². The molecule has 0 spiro atoms. The van der Waals surface area contributed by atoms with Crippen LogP contribution in [0.3, 0.4) is 0 Å². The SMILES string of the molecule is CC[C@@H](CO)Nc1[nH+]cc2cc3ccccc3nc2c1C#N. The van der Waals surface area contributed by atoms with Crippen LogP contribution >= 0.6 is 0 Å². The Hall–Kier alpha value is -2.71. The first kappa shape index (κ1) is 14.2. The zero-order valence-electron chi connectivity index (χ0n) is 12.3. The van der Waals surface area contributed by atoms with Crippen molar-refractivity contribution in [3.63, 3.8) is 0 Å². The third-order valence-electron chi connectivity index (χ3n) is 3.79. The number of nitrogens with one attached hydrogen (secondary N) is 2. The molecule has 0 bridgehead atoms. The molecule has 0 saturated carbocycles. The molecule has 0 saturated heterocycles. The van der Waals surface area contributed by atoms with Gasteiger partial charge < -0.3 is 5.11 Å². The molecule has 0 aliphatic rings. The van der Waals surface area contributed by atoms with E-state index in [2.05, 4.69) is 21.4 Å². The maximum Gasteiger partial charge on any atom is 0.292 e. The summed E-state index contributed by atoms with van der Waals surface area (Å²) in [5.74, 6) is 0.596. The summed E-state index contributed by atoms with van der Waals surface area (Å²) < 4.78 is 0. The number of aliphatic hydroxyl groups is 1. The van der Waals surface area contributed by atoms with Gasteiger partial charge in [-0.15, -0.1) is 0 Å². The maximum atomic E-state index is 9.53. The number of hydrogen-bond donors (Lipinski definition) is 2. The van der Waals surface area contributed by atoms with Crippen molar-refractivity contribution in [1.82, 2.24) is 4.98 Å². The first-order valence-corrected chi connectivity index (χ1v) is 7.28. The molecule has 0 aliphatic carbocycles. The molecule has 22 heavy (non-hydrogen) atoms. The van der Waals surface area contributed by atoms with Crippen LogP contribution in [0.25, 0.3) is 21.8 Å². The van der Waals surface area contributed by atoms with Crippen LogP contribution in [0.2, 0.25) is 0 Å². The zero-order chi connectivity index (χ0) is 15.5. The predicted octanol–water partition coefficient (Wildman–Crippen LogP) is 2.26. The lowest BCUT2D eigenvalue weighted by atomic mass is 10.1. The number of rotatable bonds is 4. The van der Waals surface area contributed by atoms with E-state index in [0.29, 0.717) is 16.9 Å². The Balaban J connectivity index is 2.20. The molecule has 110 valence electrons. The van der Waals surface area contributed by atoms with Gasteiger partial charge in [-0.25, -0.2) is 9.97 Å². The minimum atomic E-state index is -0.0961. The molecule has 0 radical (unpaired) electrons. The van der Waals surface area contributed by atoms with Gasteiger partial charge in [0, 0.05) is 10.8 Å². The van der Waals surface area contributed by atoms with Crippen LogP contribution < -0.4 is 10.3 Å². The molecule has 1 atom stereocenters. The van der Waals surface area contributed by atoms with Crippen LogP contribution in [0.5, 0.6) is 0 Å². The Morgan fingerprint density at radius 2 is 2.18 bits per heavy atom. The third kappa shape index (κ3) is 2.45. The minimum absolute atomic E-state index is 0.0123. The van der Waals surface area contributed by atoms with E-state index in [1.54, 1.807) is 0 Å². The van der Waals surface area contributed by atoms with Crippen LogP contribution in [0, 0.1) is 11.3 Å². The fourth-order valence-electron chi connectivity index (χ4n) is 2.49. The average molecular weight is 293 g/mol. The van der Waals surface area contributed by atoms with Gasteiger partial charge in [0.15, 0.2) is 5.56 Å². The van der Waals surface area contributed by atoms with Crippen molar-refractivity contribution in [3.05, 3.63) is 42.1 Å². The van der Waals surface area contributed by atoms with Gasteiger partial charge in [-0.2, -0.15) is 5.26 Å². The summed E-state index contributed by atoms with van der Waals surface area (Å²) in [6.45, 7) is 1.99. The molecule has 0 aliphatic heterocycles. The molecule has 1 aromatic carbocycles. The number of nitriles is 1. The lowest BCUT2D eigenvalue weighted by Crippen LogP contribution is -2.27. The molecule has 3 N–H and O–H groups in total. The van der Waals surface area contributed by atoms with Crippen molar-refractivity contribution >= 4 is 27.6 Å². The van der Waals surface area contributed by atoms with Gasteiger partial charge >= 0.3 is 0 Å². The molecule has 2 heterocycles. The van der Waals surface area contributed by atoms with Gasteiger partial charge in [0.05, 0.1) is 18.3 Å². The summed E-state index contributed by atoms with van der Waals surface area (Å²) in [7, 11) is 0. The Labute approximate surface area is 128 Å². The summed E-state index contributed by atoms with van der Waals surface area (Å²) in [5.41, 5.74) is 1.99. The van der Waals surface area contributed by atoms with Crippen LogP contribution in [-0.2, 0) is 0 Å². The third-order valence-corrected chi connectivity index (χ3v) is 3.79. The van der Waals surface area contributed by atoms with Crippen molar-refractivity contribution in [3.8, 4) is 6.07 Å². The Bertz CT molecular complexity index is 866. The minimum Gasteiger partial charge on any atom is -0.392 e. The Morgan fingerprint density at radius 3 is 2.91 bits per heavy atom. The van der Waals surface area contributed by atoms with Crippen molar-refractivity contribution in [2.45, 2.75) is 19.4 Å². The number of aromatic nitrogens is 2. The monoisotopic (exact) mass is 293 g/mol. The predicted molar refractivity (Wildman–Crippen MR) is 85.3 cm³/mol. The lowest BCUT2D eigenvalue weighted by Gasteiger charge is -2.10. The molecule has 2 aromatic heterocycles. The zero-order valence-corrected chi connectivity index (χ0v) is 12.3. The second-order valence-electron chi connectivity index (χ2n) is 5.20. The fraction of sp³-hybridized carbons (Fsp3) is 0.235. The van der Waals surface area contributed by atoms with E-state index in [-0.39, 0.29) is 12.6 Å². The summed E-state index contributed by atoms with van der Waals surface area (Å²) in [6.07, 6.45) is 2.60. The molecular weight excluding hydrogens is 276 g/mol. The molecule has 5 nitrogen and oxygen atoms in total. The van der Waals surface area contributed by atoms with Crippen LogP contribution in [0.15, 0.2) is 36.5 Å². The molecule has 5 heteroatoms. The number of aliphatic hydroxyl groups excluding tert-OH is 1. The summed E-state index contributed by atoms with van der Waals surface area (Å²) in [6, 6.07) is 12.0. The summed E-state index contributed by atoms with van der Waals surface area (Å²) in [5, 5.41) is 24.0. The highest BCUT2D eigenvalue weighted by Gasteiger charge is 2.19. The van der Waals surface area contributed by atoms with Crippen LogP contribution in [0.4, 0.5) is 5.82 Å². The number of fused-ring (bicyclic) bond motifs is 2. The summed E-state index contributed by atoms with van der Waals surface area (Å²) in [4.78, 5) is 7.73. The maximum absolute atomic E-state index is 9.53. The number of hydrogen-bond acceptors (Lipinski definition) is 4. The normalized spacial score (nSPS) is 12.2. The van der Waals surface area contributed by atoms with E-state index >= 15 is 0 Å². The first-order valence-electron chi connectivity index (χ1n) is 7.28. The topological polar surface area (TPSA) is 83.1 Å². The van der Waals surface area contributed by atoms with Gasteiger partial charge in [0.25, 0.3) is 5.82 Å². The second-order valence-corrected chi connectivity index (χ2v) is 5.20. The Kier molecular flexibility index (Phi) is 3.86. The highest BCUT2D eigenvalue weighted by molar-refractivity contribution is 5.95. The smallest absolute Gasteiger partial charge is 0.292 e. The van der Waals surface area contributed by atoms with Gasteiger partial charge in [0.2, 0.25) is 0 Å². The summed E-state index contributed by atoms with van der Waals surface area (Å²) >= 11 is 0. The molecule has 0 amide bonds. The average Bonchev–Trinajstić information content (AvgIpc) is 2.57. The number of H-pyrrole nitrogens is 1. The number of anilines is 1. The van der Waals surface area contributed by atoms with Gasteiger partial charge in [-0.1, -0.05) is 25.1 Å². The number of aromatic amines is 1. The highest BCUT2D eigenvalue weighted by Crippen LogP contribution is 2.24. The lowest BCUT2D eigenvalue weighted by molar-refractivity contribution is -0.359. The number of nitrogens with zero attached hydrogens (tertiary/aromatic N) is 2. The van der Waals surface area contributed by atoms with E-state index in [9.17, 15) is 10.4 Å². The fourth-order valence-corrected chi connectivity index (χ4v) is 2.49. The molecule has 0 fully saturated rings. The molecule has 3 rings (SSSR count). The van der Waals surface area contributed by atoms with Crippen molar-refractivity contribution < 1.29 is 10.1 Å². The quantitative estimate of drug-likeness (QED) is 0.723. The largest absolute Gasteiger partial charge is 0.392 e. The number of para-hydroxylation sites is 1. The standard InChI is InChI=1S/C17H16N4O/c1-2-13(10-22)20-17-14(8-18)16-12(9-19-17)7-11-5-3-4-6-15(11)21-16/h3-7,9,13,22H,2,10H2,1H3,(H,19,20)/p+1/t13-/m0/s1. The first-order chi connectivity index (χ1) is 10.8. The van der Waals surface area contributed by atoms with Gasteiger partial charge in [0.1, 0.15) is 17.6 Å². The van der Waals surface area contributed by atoms with Gasteiger partial charge in [-0.3, -0.25) is 5.32 Å². The molecule has 0 unspecified atom stereocenters. The van der Waals surface area contributed by atoms with Gasteiger partial charge in [-0.05, 0) is 18.6 Å². The van der Waals surface area contributed by atoms with Crippen molar-refractivity contribution in [2.75, 3.05) is 11.9 Å². The van der Waals surface area contributed by atoms with E-state index in [1.165, 1.54) is 0 Å². The number of pyridine rings is 2. The van der Waals surface area contributed by atoms with E-state index < -0.39 is 0 Å².